The highest BCUT2D eigenvalue weighted by atomic mass is 79.9. The molecule has 0 aromatic heterocycles. The van der Waals surface area contributed by atoms with Crippen molar-refractivity contribution in [2.24, 2.45) is 0 Å². The van der Waals surface area contributed by atoms with Crippen molar-refractivity contribution in [3.8, 4) is 0 Å². The van der Waals surface area contributed by atoms with Crippen LogP contribution in [0.3, 0.4) is 0 Å². The summed E-state index contributed by atoms with van der Waals surface area (Å²) in [7, 11) is 0. The molecule has 90 valence electrons. The highest BCUT2D eigenvalue weighted by molar-refractivity contribution is 9.10. The molecule has 0 atom stereocenters. The van der Waals surface area contributed by atoms with Gasteiger partial charge in [-0.1, -0.05) is 15.9 Å². The van der Waals surface area contributed by atoms with Gasteiger partial charge < -0.3 is 4.74 Å². The monoisotopic (exact) mass is 296 g/mol. The van der Waals surface area contributed by atoms with Crippen molar-refractivity contribution in [2.75, 3.05) is 0 Å². The average molecular weight is 297 g/mol. The lowest BCUT2D eigenvalue weighted by molar-refractivity contribution is -0.122. The molecular weight excluding hydrogens is 284 g/mol. The number of carbonyl (C=O) groups is 2. The molecule has 3 nitrogen and oxygen atoms in total. The van der Waals surface area contributed by atoms with Crippen LogP contribution in [-0.4, -0.2) is 17.9 Å². The molecule has 0 aliphatic heterocycles. The van der Waals surface area contributed by atoms with Gasteiger partial charge in [-0.25, -0.2) is 4.79 Å². The molecule has 1 aliphatic rings. The quantitative estimate of drug-likeness (QED) is 0.788. The molecule has 0 heterocycles. The number of rotatable bonds is 2. The normalized spacial score (nSPS) is 16.9. The van der Waals surface area contributed by atoms with E-state index < -0.39 is 0 Å². The minimum absolute atomic E-state index is 0.108. The van der Waals surface area contributed by atoms with Crippen molar-refractivity contribution in [1.82, 2.24) is 0 Å². The van der Waals surface area contributed by atoms with E-state index in [-0.39, 0.29) is 17.9 Å². The third kappa shape index (κ3) is 3.40. The Labute approximate surface area is 108 Å². The lowest BCUT2D eigenvalue weighted by atomic mass is 9.96. The van der Waals surface area contributed by atoms with Gasteiger partial charge in [-0.3, -0.25) is 4.79 Å². The van der Waals surface area contributed by atoms with Gasteiger partial charge >= 0.3 is 5.97 Å². The van der Waals surface area contributed by atoms with E-state index >= 15 is 0 Å². The van der Waals surface area contributed by atoms with Gasteiger partial charge in [-0.05, 0) is 37.1 Å². The molecular formula is C13H13BrO3. The second kappa shape index (κ2) is 5.45. The van der Waals surface area contributed by atoms with Gasteiger partial charge in [-0.15, -0.1) is 0 Å². The Morgan fingerprint density at radius 3 is 2.35 bits per heavy atom. The molecule has 0 N–H and O–H groups in total. The first-order chi connectivity index (χ1) is 8.15. The number of halogens is 1. The summed E-state index contributed by atoms with van der Waals surface area (Å²) >= 11 is 3.31. The van der Waals surface area contributed by atoms with Crippen LogP contribution in [0.15, 0.2) is 28.7 Å². The summed E-state index contributed by atoms with van der Waals surface area (Å²) in [6.45, 7) is 0. The summed E-state index contributed by atoms with van der Waals surface area (Å²) in [5, 5.41) is 0. The third-order valence-electron chi connectivity index (χ3n) is 2.84. The third-order valence-corrected chi connectivity index (χ3v) is 3.37. The molecule has 1 aromatic carbocycles. The van der Waals surface area contributed by atoms with E-state index in [9.17, 15) is 9.59 Å². The largest absolute Gasteiger partial charge is 0.459 e. The molecule has 2 rings (SSSR count). The Bertz CT molecular complexity index is 415. The van der Waals surface area contributed by atoms with Crippen molar-refractivity contribution >= 4 is 27.7 Å². The standard InChI is InChI=1S/C13H13BrO3/c14-10-3-1-9(2-4-10)13(16)17-12-7-5-11(15)6-8-12/h1-4,12H,5-8H2. The maximum Gasteiger partial charge on any atom is 0.338 e. The lowest BCUT2D eigenvalue weighted by Gasteiger charge is -2.21. The van der Waals surface area contributed by atoms with Crippen LogP contribution < -0.4 is 0 Å². The smallest absolute Gasteiger partial charge is 0.338 e. The maximum atomic E-state index is 11.8. The molecule has 0 radical (unpaired) electrons. The molecule has 1 aromatic rings. The molecule has 0 spiro atoms. The van der Waals surface area contributed by atoms with Crippen LogP contribution in [0.5, 0.6) is 0 Å². The minimum Gasteiger partial charge on any atom is -0.459 e. The van der Waals surface area contributed by atoms with Crippen LogP contribution in [0.2, 0.25) is 0 Å². The second-order valence-electron chi connectivity index (χ2n) is 4.15. The van der Waals surface area contributed by atoms with Crippen LogP contribution in [0.1, 0.15) is 36.0 Å². The SMILES string of the molecule is O=C1CCC(OC(=O)c2ccc(Br)cc2)CC1. The molecule has 4 heteroatoms. The Kier molecular flexibility index (Phi) is 3.94. The number of ether oxygens (including phenoxy) is 1. The van der Waals surface area contributed by atoms with Gasteiger partial charge in [0.2, 0.25) is 0 Å². The van der Waals surface area contributed by atoms with Gasteiger partial charge in [-0.2, -0.15) is 0 Å². The summed E-state index contributed by atoms with van der Waals surface area (Å²) in [6.07, 6.45) is 2.25. The number of ketones is 1. The number of carbonyl (C=O) groups excluding carboxylic acids is 2. The van der Waals surface area contributed by atoms with Crippen molar-refractivity contribution in [1.29, 1.82) is 0 Å². The van der Waals surface area contributed by atoms with Gasteiger partial charge in [0.05, 0.1) is 5.56 Å². The number of esters is 1. The molecule has 1 saturated carbocycles. The Morgan fingerprint density at radius 1 is 1.18 bits per heavy atom. The van der Waals surface area contributed by atoms with Crippen molar-refractivity contribution in [3.63, 3.8) is 0 Å². The zero-order valence-electron chi connectivity index (χ0n) is 9.32. The predicted octanol–water partition coefficient (Wildman–Crippen LogP) is 3.12. The van der Waals surface area contributed by atoms with E-state index in [0.717, 1.165) is 4.47 Å². The Hall–Kier alpha value is -1.16. The number of Topliss-reactive ketones (excluding diaryl/α,β-unsaturated/α-hetero) is 1. The van der Waals surface area contributed by atoms with Gasteiger partial charge in [0, 0.05) is 17.3 Å². The summed E-state index contributed by atoms with van der Waals surface area (Å²) in [6, 6.07) is 7.06. The number of benzene rings is 1. The van der Waals surface area contributed by atoms with E-state index in [0.29, 0.717) is 31.2 Å². The first-order valence-electron chi connectivity index (χ1n) is 5.63. The fraction of sp³-hybridized carbons (Fsp3) is 0.385. The molecule has 0 amide bonds. The molecule has 17 heavy (non-hydrogen) atoms. The van der Waals surface area contributed by atoms with E-state index in [2.05, 4.69) is 15.9 Å². The molecule has 0 bridgehead atoms. The fourth-order valence-corrected chi connectivity index (χ4v) is 2.10. The lowest BCUT2D eigenvalue weighted by Crippen LogP contribution is -2.24. The highest BCUT2D eigenvalue weighted by Gasteiger charge is 2.22. The van der Waals surface area contributed by atoms with E-state index in [4.69, 9.17) is 4.74 Å². The average Bonchev–Trinajstić information content (AvgIpc) is 2.33. The predicted molar refractivity (Wildman–Crippen MR) is 66.8 cm³/mol. The summed E-state index contributed by atoms with van der Waals surface area (Å²) in [5.74, 6) is -0.0437. The van der Waals surface area contributed by atoms with E-state index in [1.807, 2.05) is 0 Å². The summed E-state index contributed by atoms with van der Waals surface area (Å²) in [4.78, 5) is 22.8. The minimum atomic E-state index is -0.308. The Balaban J connectivity index is 1.93. The zero-order valence-corrected chi connectivity index (χ0v) is 10.9. The molecule has 1 aliphatic carbocycles. The van der Waals surface area contributed by atoms with Crippen LogP contribution in [-0.2, 0) is 9.53 Å². The molecule has 1 fully saturated rings. The topological polar surface area (TPSA) is 43.4 Å². The fourth-order valence-electron chi connectivity index (χ4n) is 1.84. The van der Waals surface area contributed by atoms with Crippen LogP contribution in [0, 0.1) is 0 Å². The first kappa shape index (κ1) is 12.3. The zero-order chi connectivity index (χ0) is 12.3. The summed E-state index contributed by atoms with van der Waals surface area (Å²) in [5.41, 5.74) is 0.546. The van der Waals surface area contributed by atoms with Crippen LogP contribution >= 0.6 is 15.9 Å². The number of hydrogen-bond donors (Lipinski definition) is 0. The van der Waals surface area contributed by atoms with Crippen LogP contribution in [0.4, 0.5) is 0 Å². The van der Waals surface area contributed by atoms with Crippen molar-refractivity contribution in [2.45, 2.75) is 31.8 Å². The highest BCUT2D eigenvalue weighted by Crippen LogP contribution is 2.20. The van der Waals surface area contributed by atoms with Crippen molar-refractivity contribution < 1.29 is 14.3 Å². The molecule has 0 unspecified atom stereocenters. The van der Waals surface area contributed by atoms with E-state index in [1.54, 1.807) is 24.3 Å². The molecule has 0 saturated heterocycles. The van der Waals surface area contributed by atoms with E-state index in [1.165, 1.54) is 0 Å². The Morgan fingerprint density at radius 2 is 1.76 bits per heavy atom. The van der Waals surface area contributed by atoms with Crippen LogP contribution in [0.25, 0.3) is 0 Å². The summed E-state index contributed by atoms with van der Waals surface area (Å²) < 4.78 is 6.29. The van der Waals surface area contributed by atoms with Gasteiger partial charge in [0.25, 0.3) is 0 Å². The van der Waals surface area contributed by atoms with Gasteiger partial charge in [0.15, 0.2) is 0 Å². The number of hydrogen-bond acceptors (Lipinski definition) is 3. The van der Waals surface area contributed by atoms with Gasteiger partial charge in [0.1, 0.15) is 11.9 Å². The maximum absolute atomic E-state index is 11.8. The second-order valence-corrected chi connectivity index (χ2v) is 5.07. The first-order valence-corrected chi connectivity index (χ1v) is 6.43. The van der Waals surface area contributed by atoms with Crippen molar-refractivity contribution in [3.05, 3.63) is 34.3 Å².